The fourth-order valence-corrected chi connectivity index (χ4v) is 1.50. The molecule has 110 valence electrons. The molecule has 0 fully saturated rings. The Balaban J connectivity index is 2.69. The molecule has 0 heterocycles. The first-order chi connectivity index (χ1) is 9.67. The highest BCUT2D eigenvalue weighted by atomic mass is 16.5. The van der Waals surface area contributed by atoms with E-state index < -0.39 is 5.97 Å². The number of aliphatic carboxylic acids is 1. The molecule has 6 nitrogen and oxygen atoms in total. The molecule has 0 aromatic heterocycles. The predicted octanol–water partition coefficient (Wildman–Crippen LogP) is 1.61. The highest BCUT2D eigenvalue weighted by Gasteiger charge is 2.05. The lowest BCUT2D eigenvalue weighted by Gasteiger charge is -2.11. The van der Waals surface area contributed by atoms with Crippen LogP contribution in [-0.4, -0.2) is 51.3 Å². The molecule has 0 unspecified atom stereocenters. The lowest BCUT2D eigenvalue weighted by molar-refractivity contribution is -0.135. The zero-order valence-corrected chi connectivity index (χ0v) is 11.7. The quantitative estimate of drug-likeness (QED) is 0.549. The minimum absolute atomic E-state index is 0.254. The molecule has 0 saturated heterocycles. The number of carboxylic acid groups (broad SMARTS) is 1. The van der Waals surface area contributed by atoms with Crippen LogP contribution in [-0.2, 0) is 9.53 Å². The van der Waals surface area contributed by atoms with Crippen molar-refractivity contribution in [2.24, 2.45) is 4.99 Å². The maximum Gasteiger partial charge on any atom is 0.325 e. The summed E-state index contributed by atoms with van der Waals surface area (Å²) in [6.07, 6.45) is 2.27. The van der Waals surface area contributed by atoms with E-state index in [0.29, 0.717) is 24.7 Å². The lowest BCUT2D eigenvalue weighted by atomic mass is 10.2. The zero-order valence-electron chi connectivity index (χ0n) is 11.7. The molecule has 1 aromatic carbocycles. The van der Waals surface area contributed by atoms with E-state index in [4.69, 9.17) is 19.3 Å². The van der Waals surface area contributed by atoms with Gasteiger partial charge in [-0.05, 0) is 23.8 Å². The van der Waals surface area contributed by atoms with Gasteiger partial charge in [-0.2, -0.15) is 0 Å². The van der Waals surface area contributed by atoms with Gasteiger partial charge in [0.25, 0.3) is 0 Å². The van der Waals surface area contributed by atoms with Gasteiger partial charge in [0.15, 0.2) is 11.5 Å². The topological polar surface area (TPSA) is 77.4 Å². The summed E-state index contributed by atoms with van der Waals surface area (Å²) in [7, 11) is 3.20. The van der Waals surface area contributed by atoms with E-state index in [1.807, 2.05) is 0 Å². The van der Waals surface area contributed by atoms with Gasteiger partial charge < -0.3 is 19.3 Å². The number of carbonyl (C=O) groups is 1. The van der Waals surface area contributed by atoms with Crippen molar-refractivity contribution in [2.45, 2.75) is 6.42 Å². The normalized spacial score (nSPS) is 10.7. The van der Waals surface area contributed by atoms with Crippen LogP contribution in [0, 0.1) is 0 Å². The van der Waals surface area contributed by atoms with Gasteiger partial charge in [-0.3, -0.25) is 9.79 Å². The average molecular weight is 281 g/mol. The van der Waals surface area contributed by atoms with Crippen molar-refractivity contribution >= 4 is 12.2 Å². The van der Waals surface area contributed by atoms with E-state index in [0.717, 1.165) is 12.0 Å². The summed E-state index contributed by atoms with van der Waals surface area (Å²) in [6.45, 7) is 0.887. The van der Waals surface area contributed by atoms with Gasteiger partial charge in [0.05, 0.1) is 13.7 Å². The van der Waals surface area contributed by atoms with Gasteiger partial charge in [0, 0.05) is 26.4 Å². The number of carboxylic acids is 1. The highest BCUT2D eigenvalue weighted by Crippen LogP contribution is 2.27. The van der Waals surface area contributed by atoms with Crippen LogP contribution >= 0.6 is 0 Å². The van der Waals surface area contributed by atoms with Crippen molar-refractivity contribution in [1.29, 1.82) is 0 Å². The molecule has 20 heavy (non-hydrogen) atoms. The second-order valence-electron chi connectivity index (χ2n) is 3.97. The maximum absolute atomic E-state index is 10.4. The second kappa shape index (κ2) is 8.92. The van der Waals surface area contributed by atoms with Crippen LogP contribution in [0.1, 0.15) is 12.0 Å². The standard InChI is InChI=1S/C14H19NO5/c1-18-6-3-7-20-13-8-11(4-5-12(13)19-2)9-15-10-14(16)17/h4-5,8-9H,3,6-7,10H2,1-2H3,(H,16,17)/b15-9+. The van der Waals surface area contributed by atoms with Crippen molar-refractivity contribution < 1.29 is 24.1 Å². The molecule has 0 atom stereocenters. The number of nitrogens with zero attached hydrogens (tertiary/aromatic N) is 1. The summed E-state index contributed by atoms with van der Waals surface area (Å²) in [4.78, 5) is 14.2. The summed E-state index contributed by atoms with van der Waals surface area (Å²) < 4.78 is 15.8. The van der Waals surface area contributed by atoms with E-state index in [9.17, 15) is 4.79 Å². The molecule has 0 spiro atoms. The van der Waals surface area contributed by atoms with Crippen LogP contribution in [0.5, 0.6) is 11.5 Å². The molecular formula is C14H19NO5. The van der Waals surface area contributed by atoms with Gasteiger partial charge in [-0.15, -0.1) is 0 Å². The van der Waals surface area contributed by atoms with Crippen LogP contribution in [0.3, 0.4) is 0 Å². The number of hydrogen-bond acceptors (Lipinski definition) is 5. The fraction of sp³-hybridized carbons (Fsp3) is 0.429. The SMILES string of the molecule is COCCCOc1cc(/C=N/CC(=O)O)ccc1OC. The molecule has 0 aliphatic heterocycles. The minimum Gasteiger partial charge on any atom is -0.493 e. The summed E-state index contributed by atoms with van der Waals surface area (Å²) in [5.41, 5.74) is 0.758. The second-order valence-corrected chi connectivity index (χ2v) is 3.97. The van der Waals surface area contributed by atoms with Crippen molar-refractivity contribution in [3.8, 4) is 11.5 Å². The maximum atomic E-state index is 10.4. The van der Waals surface area contributed by atoms with Crippen molar-refractivity contribution in [1.82, 2.24) is 0 Å². The predicted molar refractivity (Wildman–Crippen MR) is 75.1 cm³/mol. The number of ether oxygens (including phenoxy) is 3. The van der Waals surface area contributed by atoms with Crippen LogP contribution in [0.25, 0.3) is 0 Å². The summed E-state index contributed by atoms with van der Waals surface area (Å²) in [6, 6.07) is 5.30. The van der Waals surface area contributed by atoms with Crippen LogP contribution in [0.2, 0.25) is 0 Å². The number of benzene rings is 1. The zero-order chi connectivity index (χ0) is 14.8. The van der Waals surface area contributed by atoms with Gasteiger partial charge in [0.2, 0.25) is 0 Å². The molecule has 0 aliphatic carbocycles. The Morgan fingerprint density at radius 2 is 2.10 bits per heavy atom. The van der Waals surface area contributed by atoms with Gasteiger partial charge >= 0.3 is 5.97 Å². The third-order valence-electron chi connectivity index (χ3n) is 2.40. The van der Waals surface area contributed by atoms with Crippen LogP contribution in [0.15, 0.2) is 23.2 Å². The minimum atomic E-state index is -0.967. The first kappa shape index (κ1) is 16.0. The largest absolute Gasteiger partial charge is 0.493 e. The van der Waals surface area contributed by atoms with Crippen LogP contribution < -0.4 is 9.47 Å². The Kier molecular flexibility index (Phi) is 7.13. The van der Waals surface area contributed by atoms with E-state index in [1.165, 1.54) is 6.21 Å². The first-order valence-corrected chi connectivity index (χ1v) is 6.18. The third kappa shape index (κ3) is 5.71. The Labute approximate surface area is 118 Å². The summed E-state index contributed by atoms with van der Waals surface area (Å²) >= 11 is 0. The molecule has 0 amide bonds. The fourth-order valence-electron chi connectivity index (χ4n) is 1.50. The third-order valence-corrected chi connectivity index (χ3v) is 2.40. The summed E-state index contributed by atoms with van der Waals surface area (Å²) in [5.74, 6) is 0.256. The molecular weight excluding hydrogens is 262 g/mol. The smallest absolute Gasteiger partial charge is 0.325 e. The highest BCUT2D eigenvalue weighted by molar-refractivity contribution is 5.83. The first-order valence-electron chi connectivity index (χ1n) is 6.18. The molecule has 0 bridgehead atoms. The Bertz CT molecular complexity index is 459. The monoisotopic (exact) mass is 281 g/mol. The molecule has 0 aliphatic rings. The molecule has 1 N–H and O–H groups in total. The molecule has 6 heteroatoms. The molecule has 0 saturated carbocycles. The average Bonchev–Trinajstić information content (AvgIpc) is 2.43. The van der Waals surface area contributed by atoms with Crippen molar-refractivity contribution in [3.63, 3.8) is 0 Å². The Morgan fingerprint density at radius 3 is 2.75 bits per heavy atom. The lowest BCUT2D eigenvalue weighted by Crippen LogP contribution is -2.03. The number of methoxy groups -OCH3 is 2. The van der Waals surface area contributed by atoms with Gasteiger partial charge in [0.1, 0.15) is 6.54 Å². The Hall–Kier alpha value is -2.08. The van der Waals surface area contributed by atoms with Crippen molar-refractivity contribution in [3.05, 3.63) is 23.8 Å². The van der Waals surface area contributed by atoms with E-state index in [-0.39, 0.29) is 6.54 Å². The van der Waals surface area contributed by atoms with Crippen LogP contribution in [0.4, 0.5) is 0 Å². The Morgan fingerprint density at radius 1 is 1.30 bits per heavy atom. The number of hydrogen-bond donors (Lipinski definition) is 1. The summed E-state index contributed by atoms with van der Waals surface area (Å²) in [5, 5.41) is 8.52. The molecule has 1 aromatic rings. The molecule has 0 radical (unpaired) electrons. The van der Waals surface area contributed by atoms with E-state index in [1.54, 1.807) is 32.4 Å². The molecule has 1 rings (SSSR count). The van der Waals surface area contributed by atoms with Crippen molar-refractivity contribution in [2.75, 3.05) is 34.0 Å². The van der Waals surface area contributed by atoms with E-state index >= 15 is 0 Å². The number of rotatable bonds is 9. The van der Waals surface area contributed by atoms with E-state index in [2.05, 4.69) is 4.99 Å². The number of aliphatic imine (C=N–C) groups is 1. The van der Waals surface area contributed by atoms with Gasteiger partial charge in [-0.1, -0.05) is 0 Å². The van der Waals surface area contributed by atoms with Gasteiger partial charge in [-0.25, -0.2) is 0 Å².